The van der Waals surface area contributed by atoms with Gasteiger partial charge in [0.2, 0.25) is 0 Å². The van der Waals surface area contributed by atoms with Gasteiger partial charge in [-0.1, -0.05) is 154 Å². The lowest BCUT2D eigenvalue weighted by atomic mass is 9.47. The predicted octanol–water partition coefficient (Wildman–Crippen LogP) is 13.5. The molecule has 3 N–H and O–H groups in total. The first-order valence-electron chi connectivity index (χ1n) is 27.0. The molecule has 4 fully saturated rings. The van der Waals surface area contributed by atoms with Gasteiger partial charge in [-0.15, -0.1) is 0 Å². The lowest BCUT2D eigenvalue weighted by molar-refractivity contribution is -0.313. The predicted molar refractivity (Wildman–Crippen MR) is 262 cm³/mol. The Morgan fingerprint density at radius 2 is 1.45 bits per heavy atom. The van der Waals surface area contributed by atoms with E-state index >= 15 is 0 Å². The maximum absolute atomic E-state index is 12.7. The molecule has 7 heteroatoms. The van der Waals surface area contributed by atoms with E-state index in [2.05, 4.69) is 91.0 Å². The fraction of sp³-hybridized carbons (Fsp3) is 0.842. The number of hydrogen-bond donors (Lipinski definition) is 3. The molecule has 366 valence electrons. The average molecular weight is 893 g/mol. The molecule has 0 aromatic rings. The van der Waals surface area contributed by atoms with Crippen molar-refractivity contribution >= 4 is 5.97 Å². The standard InChI is InChI=1S/C57H96O7/c1-8-10-11-12-13-14-15-16-17-18-19-20-21-22-23-24-25-26-27-28-51(58)62-40-50-52(59)53(60)54(61)55(64-50)63-45-35-37-56(6)44(39-45)31-32-46-48-34-33-47(57(48,7)38-36-49(46)56)42(5)29-30-43(9-2)41(3)4/h13-14,16-17,29-31,41-43,45-50,52-55,59-61H,8-12,15,18-28,32-40H2,1-7H3/b14-13-,17-16-,30-29+/t42-,43-,45+,46+,47-,48+,49+,50?,52-,53?,54?,55-,56+,57-/m1/s1. The van der Waals surface area contributed by atoms with E-state index in [0.717, 1.165) is 69.1 Å². The summed E-state index contributed by atoms with van der Waals surface area (Å²) >= 11 is 0. The highest BCUT2D eigenvalue weighted by Gasteiger charge is 2.59. The van der Waals surface area contributed by atoms with E-state index in [-0.39, 0.29) is 24.1 Å². The van der Waals surface area contributed by atoms with Crippen molar-refractivity contribution in [2.45, 2.75) is 246 Å². The summed E-state index contributed by atoms with van der Waals surface area (Å²) in [5, 5.41) is 32.6. The molecule has 14 atom stereocenters. The molecule has 0 radical (unpaired) electrons. The molecule has 5 rings (SSSR count). The largest absolute Gasteiger partial charge is 0.463 e. The molecule has 1 heterocycles. The number of carbonyl (C=O) groups excluding carboxylic acids is 1. The van der Waals surface area contributed by atoms with Gasteiger partial charge in [0, 0.05) is 6.42 Å². The van der Waals surface area contributed by atoms with Gasteiger partial charge < -0.3 is 29.5 Å². The molecule has 0 spiro atoms. The van der Waals surface area contributed by atoms with Crippen LogP contribution in [-0.4, -0.2) is 64.7 Å². The van der Waals surface area contributed by atoms with Gasteiger partial charge >= 0.3 is 5.97 Å². The lowest BCUT2D eigenvalue weighted by Gasteiger charge is -2.58. The molecule has 1 aliphatic heterocycles. The average Bonchev–Trinajstić information content (AvgIpc) is 3.64. The van der Waals surface area contributed by atoms with Gasteiger partial charge in [-0.05, 0) is 149 Å². The Bertz CT molecular complexity index is 1480. The van der Waals surface area contributed by atoms with E-state index in [0.29, 0.717) is 35.5 Å². The van der Waals surface area contributed by atoms with Crippen LogP contribution < -0.4 is 0 Å². The van der Waals surface area contributed by atoms with Gasteiger partial charge in [0.15, 0.2) is 6.29 Å². The van der Waals surface area contributed by atoms with Crippen LogP contribution in [0.1, 0.15) is 209 Å². The molecule has 0 aromatic carbocycles. The third-order valence-electron chi connectivity index (χ3n) is 17.5. The van der Waals surface area contributed by atoms with Gasteiger partial charge in [-0.3, -0.25) is 4.79 Å². The summed E-state index contributed by atoms with van der Waals surface area (Å²) in [6.07, 6.45) is 39.0. The zero-order valence-electron chi connectivity index (χ0n) is 41.9. The van der Waals surface area contributed by atoms with Crippen molar-refractivity contribution in [2.75, 3.05) is 6.61 Å². The number of carbonyl (C=O) groups is 1. The van der Waals surface area contributed by atoms with Crippen molar-refractivity contribution in [1.82, 2.24) is 0 Å². The van der Waals surface area contributed by atoms with Crippen molar-refractivity contribution in [3.63, 3.8) is 0 Å². The molecule has 4 aliphatic carbocycles. The van der Waals surface area contributed by atoms with E-state index in [4.69, 9.17) is 14.2 Å². The fourth-order valence-electron chi connectivity index (χ4n) is 13.3. The van der Waals surface area contributed by atoms with Gasteiger partial charge in [0.05, 0.1) is 6.10 Å². The second kappa shape index (κ2) is 26.7. The Labute approximate surface area is 391 Å². The van der Waals surface area contributed by atoms with E-state index in [1.54, 1.807) is 0 Å². The van der Waals surface area contributed by atoms with Crippen molar-refractivity contribution in [2.24, 2.45) is 52.3 Å². The second-order valence-corrected chi connectivity index (χ2v) is 22.1. The number of esters is 1. The van der Waals surface area contributed by atoms with E-state index in [1.807, 2.05) is 0 Å². The number of ether oxygens (including phenoxy) is 3. The van der Waals surface area contributed by atoms with Gasteiger partial charge in [0.1, 0.15) is 31.0 Å². The van der Waals surface area contributed by atoms with Crippen LogP contribution in [0.25, 0.3) is 0 Å². The third-order valence-corrected chi connectivity index (χ3v) is 17.5. The number of hydrogen-bond acceptors (Lipinski definition) is 7. The first kappa shape index (κ1) is 53.2. The summed E-state index contributed by atoms with van der Waals surface area (Å²) in [5.41, 5.74) is 2.04. The van der Waals surface area contributed by atoms with Crippen molar-refractivity contribution in [3.8, 4) is 0 Å². The fourth-order valence-corrected chi connectivity index (χ4v) is 13.3. The number of unbranched alkanes of at least 4 members (excludes halogenated alkanes) is 12. The minimum Gasteiger partial charge on any atom is -0.463 e. The van der Waals surface area contributed by atoms with Crippen molar-refractivity contribution in [3.05, 3.63) is 48.1 Å². The lowest BCUT2D eigenvalue weighted by Crippen LogP contribution is -2.60. The normalized spacial score (nSPS) is 35.1. The zero-order valence-corrected chi connectivity index (χ0v) is 41.9. The Morgan fingerprint density at radius 3 is 2.12 bits per heavy atom. The van der Waals surface area contributed by atoms with Crippen molar-refractivity contribution in [1.29, 1.82) is 0 Å². The number of allylic oxidation sites excluding steroid dienone is 7. The van der Waals surface area contributed by atoms with E-state index < -0.39 is 30.7 Å². The summed E-state index contributed by atoms with van der Waals surface area (Å²) in [7, 11) is 0. The molecule has 0 amide bonds. The van der Waals surface area contributed by atoms with Crippen LogP contribution in [0.4, 0.5) is 0 Å². The quantitative estimate of drug-likeness (QED) is 0.0428. The third kappa shape index (κ3) is 14.4. The maximum atomic E-state index is 12.7. The molecule has 0 bridgehead atoms. The highest BCUT2D eigenvalue weighted by molar-refractivity contribution is 5.69. The van der Waals surface area contributed by atoms with Crippen LogP contribution in [0, 0.1) is 52.3 Å². The Kier molecular flexibility index (Phi) is 22.2. The molecule has 3 saturated carbocycles. The summed E-state index contributed by atoms with van der Waals surface area (Å²) in [6.45, 7) is 16.7. The van der Waals surface area contributed by atoms with Gasteiger partial charge in [-0.25, -0.2) is 0 Å². The topological polar surface area (TPSA) is 105 Å². The number of aliphatic hydroxyl groups is 3. The first-order valence-corrected chi connectivity index (χ1v) is 27.0. The Morgan fingerprint density at radius 1 is 0.781 bits per heavy atom. The summed E-state index contributed by atoms with van der Waals surface area (Å²) in [6, 6.07) is 0. The SMILES string of the molecule is CCCCC/C=C\C/C=C\CCCCCCCCCCCC(=O)OCC1O[C@@H](O[C@H]2CC[C@@]3(C)C(=CC[C@H]4[C@@H]5CC[C@H]([C@H](C)/C=C/[C@@H](CC)C(C)C)[C@@]5(C)CC[C@@H]43)C2)C(O)C(O)[C@@H]1O. The monoisotopic (exact) mass is 893 g/mol. The molecule has 1 saturated heterocycles. The number of aliphatic hydroxyl groups excluding tert-OH is 3. The van der Waals surface area contributed by atoms with E-state index in [1.165, 1.54) is 108 Å². The van der Waals surface area contributed by atoms with Crippen LogP contribution in [-0.2, 0) is 19.0 Å². The summed E-state index contributed by atoms with van der Waals surface area (Å²) in [4.78, 5) is 12.7. The van der Waals surface area contributed by atoms with E-state index in [9.17, 15) is 20.1 Å². The molecule has 64 heavy (non-hydrogen) atoms. The van der Waals surface area contributed by atoms with Crippen LogP contribution in [0.2, 0.25) is 0 Å². The number of rotatable bonds is 27. The van der Waals surface area contributed by atoms with Gasteiger partial charge in [0.25, 0.3) is 0 Å². The highest BCUT2D eigenvalue weighted by Crippen LogP contribution is 2.67. The van der Waals surface area contributed by atoms with Crippen LogP contribution in [0.3, 0.4) is 0 Å². The zero-order chi connectivity index (χ0) is 46.1. The van der Waals surface area contributed by atoms with Crippen molar-refractivity contribution < 1.29 is 34.3 Å². The highest BCUT2D eigenvalue weighted by atomic mass is 16.7. The Hall–Kier alpha value is -1.77. The minimum atomic E-state index is -1.45. The molecule has 0 aromatic heterocycles. The van der Waals surface area contributed by atoms with Crippen LogP contribution >= 0.6 is 0 Å². The summed E-state index contributed by atoms with van der Waals surface area (Å²) in [5.74, 6) is 4.60. The summed E-state index contributed by atoms with van der Waals surface area (Å²) < 4.78 is 18.1. The molecule has 7 nitrogen and oxygen atoms in total. The van der Waals surface area contributed by atoms with Crippen LogP contribution in [0.5, 0.6) is 0 Å². The number of fused-ring (bicyclic) bond motifs is 5. The van der Waals surface area contributed by atoms with Crippen LogP contribution in [0.15, 0.2) is 48.1 Å². The molecule has 3 unspecified atom stereocenters. The second-order valence-electron chi connectivity index (χ2n) is 22.1. The Balaban J connectivity index is 0.977. The maximum Gasteiger partial charge on any atom is 0.305 e. The smallest absolute Gasteiger partial charge is 0.305 e. The van der Waals surface area contributed by atoms with Gasteiger partial charge in [-0.2, -0.15) is 0 Å². The first-order chi connectivity index (χ1) is 30.8. The molecule has 5 aliphatic rings. The minimum absolute atomic E-state index is 0.152. The molecular formula is C57H96O7. The molecular weight excluding hydrogens is 797 g/mol.